The molecular weight excluding hydrogens is 438 g/mol. The first-order chi connectivity index (χ1) is 16.2. The standard InChI is InChI=1S/C24H21N5O3S/c1-3-29-23(15-8-10-25-11-9-15)27-28-24(29)33-14-22(30)26-18-13-20-17(12-21(18)31-2)16-6-4-5-7-19(16)32-20/h4-13H,3,14H2,1-2H3,(H,26,30). The Labute approximate surface area is 194 Å². The second-order valence-corrected chi connectivity index (χ2v) is 8.21. The van der Waals surface area contributed by atoms with Gasteiger partial charge < -0.3 is 19.0 Å². The van der Waals surface area contributed by atoms with Gasteiger partial charge in [-0.3, -0.25) is 9.78 Å². The molecule has 0 aliphatic carbocycles. The molecule has 5 aromatic rings. The van der Waals surface area contributed by atoms with Gasteiger partial charge in [-0.1, -0.05) is 30.0 Å². The molecule has 0 aliphatic heterocycles. The molecule has 1 N–H and O–H groups in total. The second-order valence-electron chi connectivity index (χ2n) is 7.27. The number of aromatic nitrogens is 4. The maximum Gasteiger partial charge on any atom is 0.234 e. The fourth-order valence-electron chi connectivity index (χ4n) is 3.73. The quantitative estimate of drug-likeness (QED) is 0.342. The molecule has 0 saturated heterocycles. The number of amides is 1. The maximum absolute atomic E-state index is 12.8. The first-order valence-electron chi connectivity index (χ1n) is 10.4. The van der Waals surface area contributed by atoms with E-state index >= 15 is 0 Å². The van der Waals surface area contributed by atoms with Crippen LogP contribution >= 0.6 is 11.8 Å². The van der Waals surface area contributed by atoms with Crippen molar-refractivity contribution in [2.75, 3.05) is 18.2 Å². The normalized spacial score (nSPS) is 11.2. The Bertz CT molecular complexity index is 1450. The van der Waals surface area contributed by atoms with Crippen LogP contribution in [-0.2, 0) is 11.3 Å². The predicted molar refractivity (Wildman–Crippen MR) is 129 cm³/mol. The Morgan fingerprint density at radius 1 is 1.09 bits per heavy atom. The Morgan fingerprint density at radius 2 is 1.91 bits per heavy atom. The van der Waals surface area contributed by atoms with E-state index < -0.39 is 0 Å². The van der Waals surface area contributed by atoms with Gasteiger partial charge in [0.2, 0.25) is 5.91 Å². The number of rotatable bonds is 7. The zero-order chi connectivity index (χ0) is 22.8. The Morgan fingerprint density at radius 3 is 2.70 bits per heavy atom. The van der Waals surface area contributed by atoms with E-state index in [1.165, 1.54) is 11.8 Å². The molecule has 0 aliphatic rings. The summed E-state index contributed by atoms with van der Waals surface area (Å²) in [6.07, 6.45) is 3.44. The molecule has 2 aromatic carbocycles. The van der Waals surface area contributed by atoms with E-state index in [1.807, 2.05) is 54.0 Å². The number of methoxy groups -OCH3 is 1. The lowest BCUT2D eigenvalue weighted by Crippen LogP contribution is -2.15. The predicted octanol–water partition coefficient (Wildman–Crippen LogP) is 5.00. The van der Waals surface area contributed by atoms with Crippen LogP contribution in [0.4, 0.5) is 5.69 Å². The van der Waals surface area contributed by atoms with Crippen LogP contribution in [0.5, 0.6) is 5.75 Å². The summed E-state index contributed by atoms with van der Waals surface area (Å²) in [6, 6.07) is 15.3. The number of thioether (sulfide) groups is 1. The third-order valence-electron chi connectivity index (χ3n) is 5.28. The minimum absolute atomic E-state index is 0.176. The summed E-state index contributed by atoms with van der Waals surface area (Å²) < 4.78 is 13.5. The monoisotopic (exact) mass is 459 g/mol. The molecule has 0 atom stereocenters. The van der Waals surface area contributed by atoms with Gasteiger partial charge in [0.1, 0.15) is 16.9 Å². The number of nitrogens with zero attached hydrogens (tertiary/aromatic N) is 4. The van der Waals surface area contributed by atoms with Crippen molar-refractivity contribution in [3.05, 3.63) is 60.9 Å². The van der Waals surface area contributed by atoms with Gasteiger partial charge >= 0.3 is 0 Å². The number of furan rings is 1. The molecular formula is C24H21N5O3S. The van der Waals surface area contributed by atoms with Crippen molar-refractivity contribution in [3.63, 3.8) is 0 Å². The molecule has 3 aromatic heterocycles. The number of fused-ring (bicyclic) bond motifs is 3. The van der Waals surface area contributed by atoms with Crippen LogP contribution in [0, 0.1) is 0 Å². The number of benzene rings is 2. The number of hydrogen-bond donors (Lipinski definition) is 1. The van der Waals surface area contributed by atoms with Gasteiger partial charge in [-0.05, 0) is 31.2 Å². The lowest BCUT2D eigenvalue weighted by molar-refractivity contribution is -0.113. The summed E-state index contributed by atoms with van der Waals surface area (Å²) in [6.45, 7) is 2.71. The Hall–Kier alpha value is -3.85. The summed E-state index contributed by atoms with van der Waals surface area (Å²) in [5.41, 5.74) is 2.97. The van der Waals surface area contributed by atoms with E-state index in [9.17, 15) is 4.79 Å². The molecule has 0 radical (unpaired) electrons. The SMILES string of the molecule is CCn1c(SCC(=O)Nc2cc3oc4ccccc4c3cc2OC)nnc1-c1ccncc1. The lowest BCUT2D eigenvalue weighted by Gasteiger charge is -2.11. The summed E-state index contributed by atoms with van der Waals surface area (Å²) in [4.78, 5) is 16.8. The molecule has 1 amide bonds. The van der Waals surface area contributed by atoms with Gasteiger partial charge in [0, 0.05) is 41.3 Å². The molecule has 166 valence electrons. The average Bonchev–Trinajstić information content (AvgIpc) is 3.43. The molecule has 0 fully saturated rings. The molecule has 33 heavy (non-hydrogen) atoms. The average molecular weight is 460 g/mol. The largest absolute Gasteiger partial charge is 0.495 e. The van der Waals surface area contributed by atoms with Crippen molar-refractivity contribution in [1.29, 1.82) is 0 Å². The molecule has 5 rings (SSSR count). The van der Waals surface area contributed by atoms with Crippen LogP contribution in [0.25, 0.3) is 33.3 Å². The topological polar surface area (TPSA) is 95.1 Å². The highest BCUT2D eigenvalue weighted by Gasteiger charge is 2.17. The lowest BCUT2D eigenvalue weighted by atomic mass is 10.1. The van der Waals surface area contributed by atoms with Crippen LogP contribution in [0.1, 0.15) is 6.92 Å². The molecule has 9 heteroatoms. The maximum atomic E-state index is 12.8. The highest BCUT2D eigenvalue weighted by Crippen LogP contribution is 2.36. The van der Waals surface area contributed by atoms with Crippen molar-refractivity contribution in [3.8, 4) is 17.1 Å². The van der Waals surface area contributed by atoms with Gasteiger partial charge in [-0.15, -0.1) is 10.2 Å². The summed E-state index contributed by atoms with van der Waals surface area (Å²) in [5.74, 6) is 1.32. The minimum atomic E-state index is -0.176. The number of anilines is 1. The highest BCUT2D eigenvalue weighted by atomic mass is 32.2. The fraction of sp³-hybridized carbons (Fsp3) is 0.167. The van der Waals surface area contributed by atoms with Crippen molar-refractivity contribution in [2.24, 2.45) is 0 Å². The number of carbonyl (C=O) groups excluding carboxylic acids is 1. The Balaban J connectivity index is 1.34. The minimum Gasteiger partial charge on any atom is -0.495 e. The van der Waals surface area contributed by atoms with Gasteiger partial charge in [-0.2, -0.15) is 0 Å². The van der Waals surface area contributed by atoms with Crippen molar-refractivity contribution < 1.29 is 13.9 Å². The van der Waals surface area contributed by atoms with Gasteiger partial charge in [0.05, 0.1) is 18.6 Å². The first-order valence-corrected chi connectivity index (χ1v) is 11.4. The summed E-state index contributed by atoms with van der Waals surface area (Å²) in [5, 5.41) is 14.1. The number of para-hydroxylation sites is 1. The molecule has 0 spiro atoms. The number of ether oxygens (including phenoxy) is 1. The number of pyridine rings is 1. The van der Waals surface area contributed by atoms with E-state index in [-0.39, 0.29) is 11.7 Å². The zero-order valence-corrected chi connectivity index (χ0v) is 18.9. The van der Waals surface area contributed by atoms with Gasteiger partial charge in [0.15, 0.2) is 11.0 Å². The first kappa shape index (κ1) is 21.0. The third-order valence-corrected chi connectivity index (χ3v) is 6.24. The van der Waals surface area contributed by atoms with Crippen molar-refractivity contribution in [1.82, 2.24) is 19.7 Å². The number of hydrogen-bond acceptors (Lipinski definition) is 7. The second kappa shape index (κ2) is 8.95. The van der Waals surface area contributed by atoms with Crippen LogP contribution in [0.3, 0.4) is 0 Å². The molecule has 3 heterocycles. The molecule has 0 unspecified atom stereocenters. The highest BCUT2D eigenvalue weighted by molar-refractivity contribution is 7.99. The van der Waals surface area contributed by atoms with Crippen LogP contribution < -0.4 is 10.1 Å². The van der Waals surface area contributed by atoms with Crippen LogP contribution in [0.2, 0.25) is 0 Å². The third kappa shape index (κ3) is 4.03. The van der Waals surface area contributed by atoms with Crippen LogP contribution in [0.15, 0.2) is 70.5 Å². The van der Waals surface area contributed by atoms with Crippen LogP contribution in [-0.4, -0.2) is 38.5 Å². The van der Waals surface area contributed by atoms with Gasteiger partial charge in [-0.25, -0.2) is 0 Å². The van der Waals surface area contributed by atoms with E-state index in [4.69, 9.17) is 9.15 Å². The molecule has 0 bridgehead atoms. The number of nitrogens with one attached hydrogen (secondary N) is 1. The summed E-state index contributed by atoms with van der Waals surface area (Å²) >= 11 is 1.33. The van der Waals surface area contributed by atoms with E-state index in [2.05, 4.69) is 20.5 Å². The van der Waals surface area contributed by atoms with Crippen molar-refractivity contribution >= 4 is 45.3 Å². The molecule has 8 nitrogen and oxygen atoms in total. The van der Waals surface area contributed by atoms with E-state index in [0.29, 0.717) is 28.7 Å². The Kier molecular flexibility index (Phi) is 5.70. The summed E-state index contributed by atoms with van der Waals surface area (Å²) in [7, 11) is 1.58. The smallest absolute Gasteiger partial charge is 0.234 e. The van der Waals surface area contributed by atoms with Gasteiger partial charge in [0.25, 0.3) is 0 Å². The van der Waals surface area contributed by atoms with E-state index in [0.717, 1.165) is 27.7 Å². The zero-order valence-electron chi connectivity index (χ0n) is 18.1. The molecule has 0 saturated carbocycles. The van der Waals surface area contributed by atoms with Crippen molar-refractivity contribution in [2.45, 2.75) is 18.6 Å². The number of carbonyl (C=O) groups is 1. The fourth-order valence-corrected chi connectivity index (χ4v) is 4.53. The van der Waals surface area contributed by atoms with E-state index in [1.54, 1.807) is 25.6 Å².